The number of hydrogen-bond donors (Lipinski definition) is 1. The lowest BCUT2D eigenvalue weighted by molar-refractivity contribution is 0.275. The molecule has 0 atom stereocenters. The number of aliphatic hydroxyl groups excluding tert-OH is 1. The molecule has 0 bridgehead atoms. The predicted octanol–water partition coefficient (Wildman–Crippen LogP) is 1.81. The maximum Gasteiger partial charge on any atom is 0.245 e. The van der Waals surface area contributed by atoms with Crippen LogP contribution in [-0.2, 0) is 10.0 Å². The Kier molecular flexibility index (Phi) is 4.87. The van der Waals surface area contributed by atoms with E-state index in [0.717, 1.165) is 17.1 Å². The number of benzene rings is 1. The molecule has 1 aromatic heterocycles. The van der Waals surface area contributed by atoms with Crippen LogP contribution in [0.5, 0.6) is 0 Å². The zero-order valence-corrected chi connectivity index (χ0v) is 12.7. The summed E-state index contributed by atoms with van der Waals surface area (Å²) in [7, 11) is -2.07. The third-order valence-corrected chi connectivity index (χ3v) is 5.55. The van der Waals surface area contributed by atoms with E-state index in [9.17, 15) is 8.42 Å². The van der Waals surface area contributed by atoms with Crippen LogP contribution in [0.25, 0.3) is 11.3 Å². The van der Waals surface area contributed by atoms with Crippen molar-refractivity contribution >= 4 is 21.6 Å². The molecule has 2 rings (SSSR count). The molecule has 0 amide bonds. The van der Waals surface area contributed by atoms with Crippen LogP contribution in [-0.4, -0.2) is 42.4 Å². The topological polar surface area (TPSA) is 70.5 Å². The summed E-state index contributed by atoms with van der Waals surface area (Å²) in [4.78, 5) is 0.217. The molecule has 2 aromatic rings. The van der Waals surface area contributed by atoms with Crippen molar-refractivity contribution < 1.29 is 13.5 Å². The average Bonchev–Trinajstić information content (AvgIpc) is 2.95. The number of rotatable bonds is 6. The summed E-state index contributed by atoms with van der Waals surface area (Å²) in [6, 6.07) is 9.24. The van der Waals surface area contributed by atoms with Crippen LogP contribution < -0.4 is 0 Å². The Morgan fingerprint density at radius 2 is 2.00 bits per heavy atom. The Hall–Kier alpha value is -1.28. The fourth-order valence-corrected chi connectivity index (χ4v) is 4.14. The molecular formula is C13H16N2O3S2. The molecular weight excluding hydrogens is 296 g/mol. The quantitative estimate of drug-likeness (QED) is 0.883. The van der Waals surface area contributed by atoms with Crippen LogP contribution in [0, 0.1) is 0 Å². The number of sulfonamides is 1. The third kappa shape index (κ3) is 3.06. The van der Waals surface area contributed by atoms with Crippen molar-refractivity contribution in [2.24, 2.45) is 0 Å². The van der Waals surface area contributed by atoms with Gasteiger partial charge in [-0.2, -0.15) is 4.37 Å². The molecule has 0 spiro atoms. The molecule has 0 saturated carbocycles. The van der Waals surface area contributed by atoms with Gasteiger partial charge in [0.1, 0.15) is 10.6 Å². The van der Waals surface area contributed by atoms with E-state index in [1.807, 2.05) is 30.3 Å². The second-order valence-corrected chi connectivity index (χ2v) is 6.94. The SMILES string of the molecule is CN(CCCO)S(=O)(=O)c1csnc1-c1ccccc1. The number of aliphatic hydroxyl groups is 1. The molecule has 7 heteroatoms. The highest BCUT2D eigenvalue weighted by atomic mass is 32.2. The van der Waals surface area contributed by atoms with Gasteiger partial charge in [0.15, 0.2) is 0 Å². The summed E-state index contributed by atoms with van der Waals surface area (Å²) < 4.78 is 30.5. The molecule has 20 heavy (non-hydrogen) atoms. The Morgan fingerprint density at radius 1 is 1.30 bits per heavy atom. The largest absolute Gasteiger partial charge is 0.396 e. The summed E-state index contributed by atoms with van der Waals surface area (Å²) in [6.07, 6.45) is 0.411. The molecule has 0 saturated heterocycles. The number of nitrogens with zero attached hydrogens (tertiary/aromatic N) is 2. The van der Waals surface area contributed by atoms with Gasteiger partial charge in [0.05, 0.1) is 0 Å². The molecule has 0 aliphatic carbocycles. The van der Waals surface area contributed by atoms with Crippen molar-refractivity contribution in [3.63, 3.8) is 0 Å². The fourth-order valence-electron chi connectivity index (χ4n) is 1.78. The fraction of sp³-hybridized carbons (Fsp3) is 0.308. The summed E-state index contributed by atoms with van der Waals surface area (Å²) in [5, 5.41) is 10.4. The molecule has 1 N–H and O–H groups in total. The predicted molar refractivity (Wildman–Crippen MR) is 79.1 cm³/mol. The Balaban J connectivity index is 2.37. The molecule has 0 aliphatic heterocycles. The average molecular weight is 312 g/mol. The highest BCUT2D eigenvalue weighted by Crippen LogP contribution is 2.29. The first-order valence-electron chi connectivity index (χ1n) is 6.14. The van der Waals surface area contributed by atoms with Gasteiger partial charge in [0.2, 0.25) is 10.0 Å². The van der Waals surface area contributed by atoms with Crippen LogP contribution >= 0.6 is 11.5 Å². The second-order valence-electron chi connectivity index (χ2n) is 4.30. The normalized spacial score (nSPS) is 11.9. The molecule has 1 heterocycles. The zero-order valence-electron chi connectivity index (χ0n) is 11.1. The van der Waals surface area contributed by atoms with E-state index in [0.29, 0.717) is 12.1 Å². The first-order valence-corrected chi connectivity index (χ1v) is 8.42. The van der Waals surface area contributed by atoms with Gasteiger partial charge in [0.25, 0.3) is 0 Å². The summed E-state index contributed by atoms with van der Waals surface area (Å²) in [5.74, 6) is 0. The Morgan fingerprint density at radius 3 is 2.65 bits per heavy atom. The summed E-state index contributed by atoms with van der Waals surface area (Å²) >= 11 is 1.12. The molecule has 1 aromatic carbocycles. The third-order valence-electron chi connectivity index (χ3n) is 2.90. The highest BCUT2D eigenvalue weighted by Gasteiger charge is 2.26. The monoisotopic (exact) mass is 312 g/mol. The minimum absolute atomic E-state index is 0.0344. The van der Waals surface area contributed by atoms with E-state index < -0.39 is 10.0 Å². The van der Waals surface area contributed by atoms with Crippen molar-refractivity contribution in [3.8, 4) is 11.3 Å². The van der Waals surface area contributed by atoms with Crippen LogP contribution in [0.4, 0.5) is 0 Å². The van der Waals surface area contributed by atoms with Gasteiger partial charge in [-0.1, -0.05) is 30.3 Å². The van der Waals surface area contributed by atoms with E-state index in [4.69, 9.17) is 5.11 Å². The van der Waals surface area contributed by atoms with Crippen molar-refractivity contribution in [1.82, 2.24) is 8.68 Å². The van der Waals surface area contributed by atoms with Gasteiger partial charge in [-0.15, -0.1) is 0 Å². The van der Waals surface area contributed by atoms with Crippen LogP contribution in [0.1, 0.15) is 6.42 Å². The first kappa shape index (κ1) is 15.1. The lowest BCUT2D eigenvalue weighted by Gasteiger charge is -2.16. The van der Waals surface area contributed by atoms with Gasteiger partial charge in [0, 0.05) is 31.1 Å². The standard InChI is InChI=1S/C13H16N2O3S2/c1-15(8-5-9-16)20(17,18)12-10-19-14-13(12)11-6-3-2-4-7-11/h2-4,6-7,10,16H,5,8-9H2,1H3. The Bertz CT molecular complexity index is 653. The molecule has 0 radical (unpaired) electrons. The smallest absolute Gasteiger partial charge is 0.245 e. The van der Waals surface area contributed by atoms with E-state index in [2.05, 4.69) is 4.37 Å². The van der Waals surface area contributed by atoms with Gasteiger partial charge in [-0.25, -0.2) is 12.7 Å². The van der Waals surface area contributed by atoms with E-state index in [1.54, 1.807) is 5.38 Å². The lowest BCUT2D eigenvalue weighted by atomic mass is 10.2. The number of hydrogen-bond acceptors (Lipinski definition) is 5. The van der Waals surface area contributed by atoms with Crippen molar-refractivity contribution in [1.29, 1.82) is 0 Å². The van der Waals surface area contributed by atoms with Crippen molar-refractivity contribution in [2.45, 2.75) is 11.3 Å². The molecule has 5 nitrogen and oxygen atoms in total. The van der Waals surface area contributed by atoms with E-state index in [1.165, 1.54) is 11.4 Å². The minimum Gasteiger partial charge on any atom is -0.396 e. The first-order chi connectivity index (χ1) is 9.57. The van der Waals surface area contributed by atoms with Crippen LogP contribution in [0.15, 0.2) is 40.6 Å². The second kappa shape index (κ2) is 6.45. The van der Waals surface area contributed by atoms with Crippen molar-refractivity contribution in [2.75, 3.05) is 20.2 Å². The lowest BCUT2D eigenvalue weighted by Crippen LogP contribution is -2.28. The van der Waals surface area contributed by atoms with E-state index >= 15 is 0 Å². The van der Waals surface area contributed by atoms with Gasteiger partial charge in [-0.05, 0) is 18.0 Å². The molecule has 0 fully saturated rings. The molecule has 108 valence electrons. The summed E-state index contributed by atoms with van der Waals surface area (Å²) in [5.41, 5.74) is 1.26. The maximum atomic E-state index is 12.5. The molecule has 0 aliphatic rings. The van der Waals surface area contributed by atoms with Gasteiger partial charge in [-0.3, -0.25) is 0 Å². The summed E-state index contributed by atoms with van der Waals surface area (Å²) in [6.45, 7) is 0.246. The van der Waals surface area contributed by atoms with E-state index in [-0.39, 0.29) is 18.0 Å². The maximum absolute atomic E-state index is 12.5. The zero-order chi connectivity index (χ0) is 14.6. The minimum atomic E-state index is -3.58. The Labute approximate surface area is 122 Å². The number of aromatic nitrogens is 1. The van der Waals surface area contributed by atoms with Gasteiger partial charge >= 0.3 is 0 Å². The van der Waals surface area contributed by atoms with Crippen molar-refractivity contribution in [3.05, 3.63) is 35.7 Å². The molecule has 0 unspecified atom stereocenters. The van der Waals surface area contributed by atoms with Gasteiger partial charge < -0.3 is 5.11 Å². The highest BCUT2D eigenvalue weighted by molar-refractivity contribution is 7.89. The van der Waals surface area contributed by atoms with Crippen LogP contribution in [0.2, 0.25) is 0 Å². The van der Waals surface area contributed by atoms with Crippen LogP contribution in [0.3, 0.4) is 0 Å².